The van der Waals surface area contributed by atoms with E-state index in [4.69, 9.17) is 9.47 Å². The summed E-state index contributed by atoms with van der Waals surface area (Å²) in [4.78, 5) is 8.60. The maximum atomic E-state index is 5.96. The first kappa shape index (κ1) is 24.4. The molecule has 0 aliphatic rings. The van der Waals surface area contributed by atoms with Crippen molar-refractivity contribution in [1.29, 1.82) is 0 Å². The molecule has 0 atom stereocenters. The van der Waals surface area contributed by atoms with Crippen LogP contribution in [-0.4, -0.2) is 43.2 Å². The van der Waals surface area contributed by atoms with E-state index in [0.717, 1.165) is 41.7 Å². The van der Waals surface area contributed by atoms with E-state index in [9.17, 15) is 0 Å². The van der Waals surface area contributed by atoms with Crippen LogP contribution in [0.1, 0.15) is 18.9 Å². The number of thioether (sulfide) groups is 1. The fraction of sp³-hybridized carbons (Fsp3) is 0.400. The minimum absolute atomic E-state index is 0. The molecule has 0 spiro atoms. The highest BCUT2D eigenvalue weighted by Crippen LogP contribution is 2.25. The maximum Gasteiger partial charge on any atom is 0.224 e. The van der Waals surface area contributed by atoms with Crippen molar-refractivity contribution in [3.05, 3.63) is 48.2 Å². The van der Waals surface area contributed by atoms with Crippen molar-refractivity contribution in [3.63, 3.8) is 0 Å². The number of pyridine rings is 1. The van der Waals surface area contributed by atoms with Crippen LogP contribution in [0.2, 0.25) is 0 Å². The smallest absolute Gasteiger partial charge is 0.224 e. The molecule has 0 unspecified atom stereocenters. The van der Waals surface area contributed by atoms with Gasteiger partial charge in [0.25, 0.3) is 0 Å². The predicted octanol–water partition coefficient (Wildman–Crippen LogP) is 4.31. The number of halogens is 1. The predicted molar refractivity (Wildman–Crippen MR) is 129 cm³/mol. The van der Waals surface area contributed by atoms with Crippen LogP contribution in [0.25, 0.3) is 0 Å². The Bertz CT molecular complexity index is 714. The Hall–Kier alpha value is -1.68. The van der Waals surface area contributed by atoms with Crippen LogP contribution in [0.3, 0.4) is 0 Å². The summed E-state index contributed by atoms with van der Waals surface area (Å²) < 4.78 is 11.6. The summed E-state index contributed by atoms with van der Waals surface area (Å²) in [5, 5.41) is 6.57. The molecule has 8 heteroatoms. The molecule has 1 aromatic heterocycles. The molecule has 0 radical (unpaired) electrons. The molecule has 0 aliphatic heterocycles. The third-order valence-corrected chi connectivity index (χ3v) is 4.24. The van der Waals surface area contributed by atoms with Gasteiger partial charge in [-0.2, -0.15) is 11.8 Å². The molecular formula is C20H29IN4O2S. The lowest BCUT2D eigenvalue weighted by Crippen LogP contribution is -2.38. The van der Waals surface area contributed by atoms with E-state index in [1.54, 1.807) is 25.0 Å². The molecule has 28 heavy (non-hydrogen) atoms. The number of rotatable bonds is 10. The highest BCUT2D eigenvalue weighted by atomic mass is 127. The Balaban J connectivity index is 0.00000392. The molecular weight excluding hydrogens is 487 g/mol. The Labute approximate surface area is 188 Å². The molecule has 2 aromatic rings. The van der Waals surface area contributed by atoms with Gasteiger partial charge >= 0.3 is 0 Å². The number of aliphatic imine (C=N–C) groups is 1. The second kappa shape index (κ2) is 14.3. The van der Waals surface area contributed by atoms with Gasteiger partial charge in [0.2, 0.25) is 5.88 Å². The molecule has 0 fully saturated rings. The number of aromatic nitrogens is 1. The number of nitrogens with zero attached hydrogens (tertiary/aromatic N) is 2. The molecule has 1 heterocycles. The van der Waals surface area contributed by atoms with E-state index in [2.05, 4.69) is 33.8 Å². The molecule has 0 saturated carbocycles. The molecule has 1 aromatic carbocycles. The quantitative estimate of drug-likeness (QED) is 0.212. The van der Waals surface area contributed by atoms with Gasteiger partial charge < -0.3 is 20.1 Å². The van der Waals surface area contributed by atoms with Crippen LogP contribution in [-0.2, 0) is 6.54 Å². The van der Waals surface area contributed by atoms with Crippen LogP contribution < -0.4 is 20.1 Å². The average Bonchev–Trinajstić information content (AvgIpc) is 2.71. The second-order valence-corrected chi connectivity index (χ2v) is 6.72. The summed E-state index contributed by atoms with van der Waals surface area (Å²) in [6.07, 6.45) is 4.79. The highest BCUT2D eigenvalue weighted by Gasteiger charge is 2.07. The average molecular weight is 516 g/mol. The molecule has 0 amide bonds. The van der Waals surface area contributed by atoms with Gasteiger partial charge in [-0.25, -0.2) is 4.98 Å². The maximum absolute atomic E-state index is 5.96. The lowest BCUT2D eigenvalue weighted by atomic mass is 10.2. The van der Waals surface area contributed by atoms with Gasteiger partial charge in [0.05, 0.1) is 6.61 Å². The van der Waals surface area contributed by atoms with E-state index in [1.165, 1.54) is 0 Å². The first-order valence-corrected chi connectivity index (χ1v) is 10.4. The van der Waals surface area contributed by atoms with Crippen LogP contribution in [0.5, 0.6) is 17.4 Å². The monoisotopic (exact) mass is 516 g/mol. The number of ether oxygens (including phenoxy) is 2. The molecule has 0 bridgehead atoms. The van der Waals surface area contributed by atoms with Gasteiger partial charge in [0.1, 0.15) is 11.5 Å². The van der Waals surface area contributed by atoms with E-state index in [0.29, 0.717) is 19.0 Å². The summed E-state index contributed by atoms with van der Waals surface area (Å²) in [7, 11) is 1.76. The Morgan fingerprint density at radius 3 is 2.57 bits per heavy atom. The standard InChI is InChI=1S/C20H28N4O2S.HI/c1-4-13-25-17-7-9-18(10-8-17)26-19-16(6-5-11-22-19)15-24-20(21-2)23-12-14-27-3;/h5-11H,4,12-15H2,1-3H3,(H2,21,23,24);1H. The minimum atomic E-state index is 0. The van der Waals surface area contributed by atoms with Crippen LogP contribution in [0.15, 0.2) is 47.6 Å². The topological polar surface area (TPSA) is 67.8 Å². The van der Waals surface area contributed by atoms with Crippen LogP contribution in [0.4, 0.5) is 0 Å². The van der Waals surface area contributed by atoms with Crippen molar-refractivity contribution in [1.82, 2.24) is 15.6 Å². The molecule has 2 rings (SSSR count). The zero-order chi connectivity index (χ0) is 19.3. The highest BCUT2D eigenvalue weighted by molar-refractivity contribution is 14.0. The number of hydrogen-bond acceptors (Lipinski definition) is 5. The van der Waals surface area contributed by atoms with Crippen molar-refractivity contribution in [2.24, 2.45) is 4.99 Å². The molecule has 0 saturated heterocycles. The summed E-state index contributed by atoms with van der Waals surface area (Å²) in [6, 6.07) is 11.5. The van der Waals surface area contributed by atoms with Crippen LogP contribution >= 0.6 is 35.7 Å². The van der Waals surface area contributed by atoms with Crippen molar-refractivity contribution in [2.75, 3.05) is 32.2 Å². The van der Waals surface area contributed by atoms with Crippen molar-refractivity contribution in [3.8, 4) is 17.4 Å². The number of hydrogen-bond donors (Lipinski definition) is 2. The van der Waals surface area contributed by atoms with Crippen molar-refractivity contribution < 1.29 is 9.47 Å². The third kappa shape index (κ3) is 8.55. The van der Waals surface area contributed by atoms with E-state index in [1.807, 2.05) is 36.4 Å². The Kier molecular flexibility index (Phi) is 12.5. The fourth-order valence-corrected chi connectivity index (χ4v) is 2.56. The van der Waals surface area contributed by atoms with Crippen molar-refractivity contribution >= 4 is 41.7 Å². The van der Waals surface area contributed by atoms with Gasteiger partial charge in [0, 0.05) is 37.7 Å². The Morgan fingerprint density at radius 1 is 1.14 bits per heavy atom. The molecule has 2 N–H and O–H groups in total. The van der Waals surface area contributed by atoms with Crippen molar-refractivity contribution in [2.45, 2.75) is 19.9 Å². The third-order valence-electron chi connectivity index (χ3n) is 3.63. The molecule has 0 aliphatic carbocycles. The zero-order valence-electron chi connectivity index (χ0n) is 16.6. The lowest BCUT2D eigenvalue weighted by Gasteiger charge is -2.14. The summed E-state index contributed by atoms with van der Waals surface area (Å²) >= 11 is 1.79. The summed E-state index contributed by atoms with van der Waals surface area (Å²) in [5.41, 5.74) is 0.955. The van der Waals surface area contributed by atoms with E-state index >= 15 is 0 Å². The van der Waals surface area contributed by atoms with Gasteiger partial charge in [0.15, 0.2) is 5.96 Å². The van der Waals surface area contributed by atoms with Crippen LogP contribution in [0, 0.1) is 0 Å². The number of nitrogens with one attached hydrogen (secondary N) is 2. The number of benzene rings is 1. The molecule has 6 nitrogen and oxygen atoms in total. The zero-order valence-corrected chi connectivity index (χ0v) is 19.8. The van der Waals surface area contributed by atoms with Gasteiger partial charge in [-0.3, -0.25) is 4.99 Å². The molecule has 154 valence electrons. The van der Waals surface area contributed by atoms with Gasteiger partial charge in [-0.05, 0) is 43.0 Å². The summed E-state index contributed by atoms with van der Waals surface area (Å²) in [5.74, 6) is 3.93. The van der Waals surface area contributed by atoms with E-state index in [-0.39, 0.29) is 24.0 Å². The van der Waals surface area contributed by atoms with Gasteiger partial charge in [-0.15, -0.1) is 24.0 Å². The summed E-state index contributed by atoms with van der Waals surface area (Å²) in [6.45, 7) is 4.23. The normalized spacial score (nSPS) is 10.8. The lowest BCUT2D eigenvalue weighted by molar-refractivity contribution is 0.317. The Morgan fingerprint density at radius 2 is 1.89 bits per heavy atom. The second-order valence-electron chi connectivity index (χ2n) is 5.73. The largest absolute Gasteiger partial charge is 0.494 e. The minimum Gasteiger partial charge on any atom is -0.494 e. The SMILES string of the molecule is CCCOc1ccc(Oc2ncccc2CNC(=NC)NCCSC)cc1.I. The van der Waals surface area contributed by atoms with E-state index < -0.39 is 0 Å². The van der Waals surface area contributed by atoms with Gasteiger partial charge in [-0.1, -0.05) is 13.0 Å². The number of guanidine groups is 1. The first-order chi connectivity index (χ1) is 13.3. The fourth-order valence-electron chi connectivity index (χ4n) is 2.26. The first-order valence-electron chi connectivity index (χ1n) is 9.05.